The van der Waals surface area contributed by atoms with Crippen molar-refractivity contribution in [3.8, 4) is 22.4 Å². The summed E-state index contributed by atoms with van der Waals surface area (Å²) in [5.41, 5.74) is 7.84. The van der Waals surface area contributed by atoms with Crippen LogP contribution < -0.4 is 0 Å². The second-order valence-electron chi connectivity index (χ2n) is 8.84. The van der Waals surface area contributed by atoms with E-state index < -0.39 is 0 Å². The Hall–Kier alpha value is -1.93. The Morgan fingerprint density at radius 1 is 0.815 bits per heavy atom. The number of benzene rings is 2. The van der Waals surface area contributed by atoms with Gasteiger partial charge in [-0.3, -0.25) is 4.98 Å². The summed E-state index contributed by atoms with van der Waals surface area (Å²) in [6, 6.07) is 19.5. The number of fused-ring (bicyclic) bond motifs is 1. The molecule has 27 heavy (non-hydrogen) atoms. The van der Waals surface area contributed by atoms with Crippen LogP contribution in [0.5, 0.6) is 0 Å². The van der Waals surface area contributed by atoms with E-state index in [1.54, 1.807) is 0 Å². The molecular weight excluding hydrogens is 394 g/mol. The van der Waals surface area contributed by atoms with Crippen LogP contribution in [0.1, 0.15) is 45.7 Å². The van der Waals surface area contributed by atoms with Crippen molar-refractivity contribution >= 4 is 15.9 Å². The smallest absolute Gasteiger partial charge is 0.0702 e. The summed E-state index contributed by atoms with van der Waals surface area (Å²) < 4.78 is 1.09. The molecule has 4 rings (SSSR count). The van der Waals surface area contributed by atoms with Crippen molar-refractivity contribution in [2.45, 2.75) is 45.4 Å². The van der Waals surface area contributed by atoms with E-state index in [2.05, 4.69) is 99.1 Å². The van der Waals surface area contributed by atoms with Crippen molar-refractivity contribution in [3.05, 3.63) is 76.4 Å². The molecule has 0 amide bonds. The summed E-state index contributed by atoms with van der Waals surface area (Å²) in [5.74, 6) is 0.598. The highest BCUT2D eigenvalue weighted by molar-refractivity contribution is 9.10. The number of hydrogen-bond donors (Lipinski definition) is 0. The maximum Gasteiger partial charge on any atom is 0.0702 e. The Kier molecular flexibility index (Phi) is 4.31. The standard InChI is InChI=1S/C25H26BrN/c1-16-24(2,3)20-12-10-17(14-21(20)25(16,4)5)23-13-11-18(15-27-23)19-8-6-7-9-22(19)26/h6-16H,1-5H3. The summed E-state index contributed by atoms with van der Waals surface area (Å²) in [6.07, 6.45) is 1.97. The van der Waals surface area contributed by atoms with E-state index in [9.17, 15) is 0 Å². The Labute approximate surface area is 171 Å². The Morgan fingerprint density at radius 3 is 2.15 bits per heavy atom. The average Bonchev–Trinajstić information content (AvgIpc) is 2.80. The zero-order valence-corrected chi connectivity index (χ0v) is 18.3. The summed E-state index contributed by atoms with van der Waals surface area (Å²) in [5, 5.41) is 0. The lowest BCUT2D eigenvalue weighted by atomic mass is 9.71. The summed E-state index contributed by atoms with van der Waals surface area (Å²) in [7, 11) is 0. The van der Waals surface area contributed by atoms with E-state index in [1.165, 1.54) is 22.3 Å². The van der Waals surface area contributed by atoms with Gasteiger partial charge < -0.3 is 0 Å². The monoisotopic (exact) mass is 419 g/mol. The van der Waals surface area contributed by atoms with Gasteiger partial charge in [0.2, 0.25) is 0 Å². The molecule has 1 aliphatic carbocycles. The van der Waals surface area contributed by atoms with Gasteiger partial charge in [0.15, 0.2) is 0 Å². The number of hydrogen-bond acceptors (Lipinski definition) is 1. The maximum absolute atomic E-state index is 4.77. The van der Waals surface area contributed by atoms with Gasteiger partial charge >= 0.3 is 0 Å². The molecule has 1 aromatic heterocycles. The van der Waals surface area contributed by atoms with Crippen LogP contribution in [-0.4, -0.2) is 4.98 Å². The van der Waals surface area contributed by atoms with E-state index in [-0.39, 0.29) is 10.8 Å². The van der Waals surface area contributed by atoms with E-state index in [4.69, 9.17) is 4.98 Å². The Balaban J connectivity index is 1.74. The minimum Gasteiger partial charge on any atom is -0.256 e. The quantitative estimate of drug-likeness (QED) is 0.421. The Bertz CT molecular complexity index is 999. The van der Waals surface area contributed by atoms with Crippen molar-refractivity contribution in [3.63, 3.8) is 0 Å². The molecule has 1 aliphatic rings. The molecule has 0 fully saturated rings. The lowest BCUT2D eigenvalue weighted by molar-refractivity contribution is 0.264. The first kappa shape index (κ1) is 18.4. The predicted molar refractivity (Wildman–Crippen MR) is 118 cm³/mol. The van der Waals surface area contributed by atoms with Crippen molar-refractivity contribution in [1.29, 1.82) is 0 Å². The van der Waals surface area contributed by atoms with Crippen LogP contribution in [0.2, 0.25) is 0 Å². The zero-order valence-electron chi connectivity index (χ0n) is 16.7. The number of rotatable bonds is 2. The minimum atomic E-state index is 0.170. The van der Waals surface area contributed by atoms with Crippen LogP contribution in [0.3, 0.4) is 0 Å². The molecule has 0 spiro atoms. The fourth-order valence-corrected chi connectivity index (χ4v) is 5.10. The first-order valence-electron chi connectivity index (χ1n) is 9.59. The molecule has 1 heterocycles. The highest BCUT2D eigenvalue weighted by Crippen LogP contribution is 2.54. The number of aromatic nitrogens is 1. The van der Waals surface area contributed by atoms with Gasteiger partial charge in [-0.25, -0.2) is 0 Å². The summed E-state index contributed by atoms with van der Waals surface area (Å²) in [6.45, 7) is 11.9. The topological polar surface area (TPSA) is 12.9 Å². The normalized spacial score (nSPS) is 19.7. The second-order valence-corrected chi connectivity index (χ2v) is 9.69. The summed E-state index contributed by atoms with van der Waals surface area (Å²) in [4.78, 5) is 4.77. The SMILES string of the molecule is CC1C(C)(C)c2ccc(-c3ccc(-c4ccccc4Br)cn3)cc2C1(C)C. The molecule has 2 heteroatoms. The van der Waals surface area contributed by atoms with Crippen LogP contribution in [0.4, 0.5) is 0 Å². The minimum absolute atomic E-state index is 0.170. The molecule has 0 bridgehead atoms. The Morgan fingerprint density at radius 2 is 1.48 bits per heavy atom. The van der Waals surface area contributed by atoms with E-state index in [0.29, 0.717) is 5.92 Å². The first-order chi connectivity index (χ1) is 12.7. The van der Waals surface area contributed by atoms with E-state index >= 15 is 0 Å². The van der Waals surface area contributed by atoms with Gasteiger partial charge in [0.05, 0.1) is 5.69 Å². The zero-order chi connectivity index (χ0) is 19.4. The third kappa shape index (κ3) is 2.86. The first-order valence-corrected chi connectivity index (χ1v) is 10.4. The molecule has 138 valence electrons. The van der Waals surface area contributed by atoms with Gasteiger partial charge in [-0.2, -0.15) is 0 Å². The molecule has 3 aromatic rings. The van der Waals surface area contributed by atoms with Crippen molar-refractivity contribution in [1.82, 2.24) is 4.98 Å². The van der Waals surface area contributed by atoms with Gasteiger partial charge in [-0.05, 0) is 51.6 Å². The van der Waals surface area contributed by atoms with Crippen LogP contribution >= 0.6 is 15.9 Å². The van der Waals surface area contributed by atoms with Crippen LogP contribution in [0.15, 0.2) is 65.3 Å². The van der Waals surface area contributed by atoms with Crippen LogP contribution in [0.25, 0.3) is 22.4 Å². The summed E-state index contributed by atoms with van der Waals surface area (Å²) >= 11 is 3.63. The molecule has 2 aromatic carbocycles. The number of nitrogens with zero attached hydrogens (tertiary/aromatic N) is 1. The lowest BCUT2D eigenvalue weighted by Crippen LogP contribution is -2.30. The van der Waals surface area contributed by atoms with Gasteiger partial charge in [-0.15, -0.1) is 0 Å². The maximum atomic E-state index is 4.77. The molecule has 1 atom stereocenters. The van der Waals surface area contributed by atoms with Crippen LogP contribution in [-0.2, 0) is 10.8 Å². The molecule has 0 saturated heterocycles. The third-order valence-corrected chi connectivity index (χ3v) is 7.51. The fourth-order valence-electron chi connectivity index (χ4n) is 4.59. The molecule has 0 saturated carbocycles. The van der Waals surface area contributed by atoms with Crippen LogP contribution in [0, 0.1) is 5.92 Å². The second kappa shape index (κ2) is 6.31. The average molecular weight is 420 g/mol. The van der Waals surface area contributed by atoms with E-state index in [0.717, 1.165) is 15.7 Å². The molecule has 1 unspecified atom stereocenters. The highest BCUT2D eigenvalue weighted by atomic mass is 79.9. The fraction of sp³-hybridized carbons (Fsp3) is 0.320. The van der Waals surface area contributed by atoms with Crippen molar-refractivity contribution in [2.24, 2.45) is 5.92 Å². The molecule has 0 aliphatic heterocycles. The van der Waals surface area contributed by atoms with Gasteiger partial charge in [0.1, 0.15) is 0 Å². The highest BCUT2D eigenvalue weighted by Gasteiger charge is 2.48. The van der Waals surface area contributed by atoms with Crippen molar-refractivity contribution in [2.75, 3.05) is 0 Å². The molecule has 0 N–H and O–H groups in total. The predicted octanol–water partition coefficient (Wildman–Crippen LogP) is 7.38. The largest absolute Gasteiger partial charge is 0.256 e. The van der Waals surface area contributed by atoms with E-state index in [1.807, 2.05) is 12.3 Å². The molecular formula is C25H26BrN. The van der Waals surface area contributed by atoms with Gasteiger partial charge in [0.25, 0.3) is 0 Å². The third-order valence-electron chi connectivity index (χ3n) is 6.82. The molecule has 1 nitrogen and oxygen atoms in total. The number of halogens is 1. The molecule has 0 radical (unpaired) electrons. The lowest BCUT2D eigenvalue weighted by Gasteiger charge is -2.32. The van der Waals surface area contributed by atoms with Gasteiger partial charge in [-0.1, -0.05) is 86.9 Å². The van der Waals surface area contributed by atoms with Crippen molar-refractivity contribution < 1.29 is 0 Å². The van der Waals surface area contributed by atoms with Gasteiger partial charge in [0, 0.05) is 21.8 Å². The number of pyridine rings is 1.